The lowest BCUT2D eigenvalue weighted by atomic mass is 10.1. The minimum atomic E-state index is -0.571. The standard InChI is InChI=1S/C20H15N5O3/c21-16-10-9-14(25(27)28)11-15(16)20(26)22-13-7-5-12(6-8-13)19-23-17-3-1-2-4-18(17)24-19/h1-11H,21H2,(H,22,26)(H,23,24). The van der Waals surface area contributed by atoms with Gasteiger partial charge in [0.15, 0.2) is 0 Å². The van der Waals surface area contributed by atoms with Gasteiger partial charge in [-0.2, -0.15) is 0 Å². The largest absolute Gasteiger partial charge is 0.398 e. The van der Waals surface area contributed by atoms with E-state index in [1.807, 2.05) is 36.4 Å². The maximum Gasteiger partial charge on any atom is 0.270 e. The summed E-state index contributed by atoms with van der Waals surface area (Å²) in [5.74, 6) is 0.208. The zero-order chi connectivity index (χ0) is 19.7. The fourth-order valence-corrected chi connectivity index (χ4v) is 2.85. The molecule has 0 atom stereocenters. The molecule has 4 aromatic rings. The number of para-hydroxylation sites is 2. The number of nitrogen functional groups attached to an aromatic ring is 1. The van der Waals surface area contributed by atoms with Gasteiger partial charge in [0.05, 0.1) is 21.5 Å². The van der Waals surface area contributed by atoms with Crippen LogP contribution in [0.4, 0.5) is 17.1 Å². The van der Waals surface area contributed by atoms with Gasteiger partial charge in [0.2, 0.25) is 0 Å². The summed E-state index contributed by atoms with van der Waals surface area (Å²) in [5.41, 5.74) is 9.03. The molecule has 1 amide bonds. The molecule has 4 N–H and O–H groups in total. The van der Waals surface area contributed by atoms with Crippen LogP contribution in [0.3, 0.4) is 0 Å². The molecule has 0 saturated heterocycles. The molecule has 8 nitrogen and oxygen atoms in total. The molecule has 8 heteroatoms. The van der Waals surface area contributed by atoms with E-state index in [0.717, 1.165) is 28.5 Å². The van der Waals surface area contributed by atoms with Crippen LogP contribution in [-0.4, -0.2) is 20.8 Å². The van der Waals surface area contributed by atoms with Crippen molar-refractivity contribution < 1.29 is 9.72 Å². The predicted molar refractivity (Wildman–Crippen MR) is 107 cm³/mol. The maximum atomic E-state index is 12.4. The van der Waals surface area contributed by atoms with E-state index in [4.69, 9.17) is 5.73 Å². The molecular formula is C20H15N5O3. The number of nitrogens with one attached hydrogen (secondary N) is 2. The number of nitro benzene ring substituents is 1. The molecule has 138 valence electrons. The summed E-state index contributed by atoms with van der Waals surface area (Å²) >= 11 is 0. The number of rotatable bonds is 4. The second kappa shape index (κ2) is 6.84. The number of fused-ring (bicyclic) bond motifs is 1. The van der Waals surface area contributed by atoms with Crippen molar-refractivity contribution in [2.45, 2.75) is 0 Å². The number of aromatic amines is 1. The Balaban J connectivity index is 1.55. The molecular weight excluding hydrogens is 358 g/mol. The molecule has 0 bridgehead atoms. The Labute approximate surface area is 159 Å². The Morgan fingerprint density at radius 1 is 1.07 bits per heavy atom. The van der Waals surface area contributed by atoms with Crippen molar-refractivity contribution in [2.75, 3.05) is 11.1 Å². The first-order chi connectivity index (χ1) is 13.5. The summed E-state index contributed by atoms with van der Waals surface area (Å²) in [5, 5.41) is 13.6. The molecule has 0 unspecified atom stereocenters. The van der Waals surface area contributed by atoms with E-state index in [1.54, 1.807) is 12.1 Å². The number of hydrogen-bond acceptors (Lipinski definition) is 5. The first kappa shape index (κ1) is 17.2. The number of aromatic nitrogens is 2. The molecule has 0 saturated carbocycles. The van der Waals surface area contributed by atoms with Crippen LogP contribution >= 0.6 is 0 Å². The normalized spacial score (nSPS) is 10.7. The number of H-pyrrole nitrogens is 1. The first-order valence-electron chi connectivity index (χ1n) is 8.42. The first-order valence-corrected chi connectivity index (χ1v) is 8.42. The van der Waals surface area contributed by atoms with Gasteiger partial charge in [0.1, 0.15) is 5.82 Å². The Hall–Kier alpha value is -4.20. The fourth-order valence-electron chi connectivity index (χ4n) is 2.85. The highest BCUT2D eigenvalue weighted by atomic mass is 16.6. The van der Waals surface area contributed by atoms with Crippen LogP contribution in [0.1, 0.15) is 10.4 Å². The fraction of sp³-hybridized carbons (Fsp3) is 0. The Kier molecular flexibility index (Phi) is 4.21. The second-order valence-electron chi connectivity index (χ2n) is 6.16. The van der Waals surface area contributed by atoms with E-state index in [0.29, 0.717) is 5.69 Å². The molecule has 28 heavy (non-hydrogen) atoms. The van der Waals surface area contributed by atoms with E-state index in [-0.39, 0.29) is 16.9 Å². The zero-order valence-corrected chi connectivity index (χ0v) is 14.5. The van der Waals surface area contributed by atoms with E-state index in [1.165, 1.54) is 12.1 Å². The van der Waals surface area contributed by atoms with Crippen molar-refractivity contribution in [3.8, 4) is 11.4 Å². The predicted octanol–water partition coefficient (Wildman–Crippen LogP) is 3.97. The average Bonchev–Trinajstić information content (AvgIpc) is 3.13. The molecule has 0 fully saturated rings. The van der Waals surface area contributed by atoms with E-state index >= 15 is 0 Å². The summed E-state index contributed by atoms with van der Waals surface area (Å²) in [6, 6.07) is 18.6. The highest BCUT2D eigenvalue weighted by Gasteiger charge is 2.15. The number of nitrogens with zero attached hydrogens (tertiary/aromatic N) is 2. The Morgan fingerprint density at radius 2 is 1.82 bits per heavy atom. The maximum absolute atomic E-state index is 12.4. The number of anilines is 2. The van der Waals surface area contributed by atoms with Crippen LogP contribution in [0.25, 0.3) is 22.4 Å². The van der Waals surface area contributed by atoms with E-state index in [2.05, 4.69) is 15.3 Å². The van der Waals surface area contributed by atoms with Gasteiger partial charge >= 0.3 is 0 Å². The Morgan fingerprint density at radius 3 is 2.54 bits per heavy atom. The smallest absolute Gasteiger partial charge is 0.270 e. The molecule has 4 rings (SSSR count). The van der Waals surface area contributed by atoms with Crippen molar-refractivity contribution >= 4 is 34.0 Å². The topological polar surface area (TPSA) is 127 Å². The summed E-state index contributed by atoms with van der Waals surface area (Å²) < 4.78 is 0. The molecule has 1 aromatic heterocycles. The van der Waals surface area contributed by atoms with Crippen LogP contribution < -0.4 is 11.1 Å². The number of carbonyl (C=O) groups is 1. The van der Waals surface area contributed by atoms with Crippen LogP contribution in [0, 0.1) is 10.1 Å². The highest BCUT2D eigenvalue weighted by molar-refractivity contribution is 6.08. The summed E-state index contributed by atoms with van der Waals surface area (Å²) in [7, 11) is 0. The minimum absolute atomic E-state index is 0.0514. The number of non-ortho nitro benzene ring substituents is 1. The number of nitrogens with two attached hydrogens (primary N) is 1. The van der Waals surface area contributed by atoms with Crippen molar-refractivity contribution in [1.82, 2.24) is 9.97 Å². The number of amides is 1. The minimum Gasteiger partial charge on any atom is -0.398 e. The lowest BCUT2D eigenvalue weighted by Crippen LogP contribution is -2.14. The number of imidazole rings is 1. The third-order valence-corrected chi connectivity index (χ3v) is 4.30. The number of hydrogen-bond donors (Lipinski definition) is 3. The molecule has 0 radical (unpaired) electrons. The van der Waals surface area contributed by atoms with Gasteiger partial charge in [0, 0.05) is 29.1 Å². The summed E-state index contributed by atoms with van der Waals surface area (Å²) in [6.45, 7) is 0. The van der Waals surface area contributed by atoms with Crippen molar-refractivity contribution in [1.29, 1.82) is 0 Å². The van der Waals surface area contributed by atoms with Gasteiger partial charge in [-0.1, -0.05) is 12.1 Å². The van der Waals surface area contributed by atoms with Crippen molar-refractivity contribution in [2.24, 2.45) is 0 Å². The van der Waals surface area contributed by atoms with Gasteiger partial charge in [-0.05, 0) is 42.5 Å². The van der Waals surface area contributed by atoms with Crippen molar-refractivity contribution in [3.05, 3.63) is 82.4 Å². The number of nitro groups is 1. The van der Waals surface area contributed by atoms with Gasteiger partial charge < -0.3 is 16.0 Å². The number of benzene rings is 3. The third-order valence-electron chi connectivity index (χ3n) is 4.30. The lowest BCUT2D eigenvalue weighted by molar-refractivity contribution is -0.384. The quantitative estimate of drug-likeness (QED) is 0.283. The average molecular weight is 373 g/mol. The van der Waals surface area contributed by atoms with Gasteiger partial charge in [-0.3, -0.25) is 14.9 Å². The molecule has 0 aliphatic heterocycles. The van der Waals surface area contributed by atoms with Gasteiger partial charge in [-0.25, -0.2) is 4.98 Å². The Bertz CT molecular complexity index is 1170. The molecule has 0 aliphatic rings. The summed E-state index contributed by atoms with van der Waals surface area (Å²) in [4.78, 5) is 30.6. The lowest BCUT2D eigenvalue weighted by Gasteiger charge is -2.08. The van der Waals surface area contributed by atoms with E-state index < -0.39 is 10.8 Å². The third kappa shape index (κ3) is 3.26. The van der Waals surface area contributed by atoms with Crippen LogP contribution in [0.2, 0.25) is 0 Å². The monoisotopic (exact) mass is 373 g/mol. The van der Waals surface area contributed by atoms with E-state index in [9.17, 15) is 14.9 Å². The molecule has 1 heterocycles. The van der Waals surface area contributed by atoms with Gasteiger partial charge in [-0.15, -0.1) is 0 Å². The second-order valence-corrected chi connectivity index (χ2v) is 6.16. The zero-order valence-electron chi connectivity index (χ0n) is 14.5. The number of carbonyl (C=O) groups excluding carboxylic acids is 1. The molecule has 0 aliphatic carbocycles. The van der Waals surface area contributed by atoms with Crippen LogP contribution in [0.15, 0.2) is 66.7 Å². The molecule has 0 spiro atoms. The van der Waals surface area contributed by atoms with Crippen molar-refractivity contribution in [3.63, 3.8) is 0 Å². The molecule has 3 aromatic carbocycles. The van der Waals surface area contributed by atoms with Gasteiger partial charge in [0.25, 0.3) is 11.6 Å². The SMILES string of the molecule is Nc1ccc([N+](=O)[O-])cc1C(=O)Nc1ccc(-c2nc3ccccc3[nH]2)cc1. The van der Waals surface area contributed by atoms with Crippen LogP contribution in [-0.2, 0) is 0 Å². The highest BCUT2D eigenvalue weighted by Crippen LogP contribution is 2.24. The van der Waals surface area contributed by atoms with Crippen LogP contribution in [0.5, 0.6) is 0 Å². The summed E-state index contributed by atoms with van der Waals surface area (Å²) in [6.07, 6.45) is 0.